The summed E-state index contributed by atoms with van der Waals surface area (Å²) in [6.45, 7) is 0. The predicted molar refractivity (Wildman–Crippen MR) is 88.7 cm³/mol. The molecule has 5 nitrogen and oxygen atoms in total. The summed E-state index contributed by atoms with van der Waals surface area (Å²) >= 11 is 0. The second-order valence-corrected chi connectivity index (χ2v) is 8.26. The first kappa shape index (κ1) is 15.3. The van der Waals surface area contributed by atoms with Gasteiger partial charge in [0.25, 0.3) is 10.0 Å². The van der Waals surface area contributed by atoms with Crippen LogP contribution in [-0.4, -0.2) is 19.3 Å². The predicted octanol–water partition coefficient (Wildman–Crippen LogP) is 2.18. The fourth-order valence-electron chi connectivity index (χ4n) is 3.94. The van der Waals surface area contributed by atoms with Crippen LogP contribution in [-0.2, 0) is 26.7 Å². The number of rotatable bonds is 3. The topological polar surface area (TPSA) is 76.1 Å². The average Bonchev–Trinajstić information content (AvgIpc) is 3.31. The first-order chi connectivity index (χ1) is 11.5. The number of carbonyl (C=O) groups excluding carboxylic acids is 1. The Kier molecular flexibility index (Phi) is 3.46. The molecule has 0 radical (unpaired) electrons. The Balaban J connectivity index is 1.56. The Morgan fingerprint density at radius 2 is 2.04 bits per heavy atom. The lowest BCUT2D eigenvalue weighted by molar-refractivity contribution is -0.121. The molecular weight excluding hydrogens is 324 g/mol. The van der Waals surface area contributed by atoms with Crippen molar-refractivity contribution in [2.45, 2.75) is 36.0 Å². The summed E-state index contributed by atoms with van der Waals surface area (Å²) < 4.78 is 26.9. The van der Waals surface area contributed by atoms with Crippen LogP contribution in [0.15, 0.2) is 53.7 Å². The highest BCUT2D eigenvalue weighted by Crippen LogP contribution is 2.60. The lowest BCUT2D eigenvalue weighted by Gasteiger charge is -2.26. The zero-order valence-corrected chi connectivity index (χ0v) is 13.9. The minimum atomic E-state index is -3.86. The summed E-state index contributed by atoms with van der Waals surface area (Å²) in [6.07, 6.45) is 6.47. The van der Waals surface area contributed by atoms with Crippen LogP contribution in [0.4, 0.5) is 0 Å². The van der Waals surface area contributed by atoms with Gasteiger partial charge in [0, 0.05) is 23.7 Å². The molecule has 1 amide bonds. The number of hydrogen-bond acceptors (Lipinski definition) is 4. The van der Waals surface area contributed by atoms with Crippen LogP contribution in [0.5, 0.6) is 0 Å². The Morgan fingerprint density at radius 1 is 1.21 bits per heavy atom. The van der Waals surface area contributed by atoms with E-state index in [9.17, 15) is 13.2 Å². The number of nitrogens with zero attached hydrogens (tertiary/aromatic N) is 1. The van der Waals surface area contributed by atoms with Crippen LogP contribution in [0, 0.1) is 5.92 Å². The first-order valence-electron chi connectivity index (χ1n) is 8.08. The lowest BCUT2D eigenvalue weighted by atomic mass is 9.78. The van der Waals surface area contributed by atoms with Crippen LogP contribution in [0.25, 0.3) is 0 Å². The van der Waals surface area contributed by atoms with E-state index in [4.69, 9.17) is 0 Å². The van der Waals surface area contributed by atoms with Gasteiger partial charge in [0.15, 0.2) is 0 Å². The standard InChI is InChI=1S/C18H18N2O3S/c21-17(20-24(22,23)14-7-4-10-19-12-14)16-11-18(16)9-3-6-13-5-1-2-8-15(13)18/h1-2,4-5,7-8,10,12,16H,3,6,9,11H2,(H,20,21)/t16-,18+/m1/s1. The molecule has 24 heavy (non-hydrogen) atoms. The van der Waals surface area contributed by atoms with Crippen molar-refractivity contribution in [3.8, 4) is 0 Å². The van der Waals surface area contributed by atoms with Crippen molar-refractivity contribution < 1.29 is 13.2 Å². The Morgan fingerprint density at radius 3 is 2.83 bits per heavy atom. The quantitative estimate of drug-likeness (QED) is 0.927. The smallest absolute Gasteiger partial charge is 0.265 e. The normalized spacial score (nSPS) is 25.1. The van der Waals surface area contributed by atoms with E-state index >= 15 is 0 Å². The van der Waals surface area contributed by atoms with E-state index in [1.807, 2.05) is 12.1 Å². The third-order valence-electron chi connectivity index (χ3n) is 5.19. The molecule has 1 spiro atoms. The molecule has 0 saturated heterocycles. The monoisotopic (exact) mass is 342 g/mol. The van der Waals surface area contributed by atoms with E-state index in [0.717, 1.165) is 25.7 Å². The van der Waals surface area contributed by atoms with Gasteiger partial charge in [-0.15, -0.1) is 0 Å². The van der Waals surface area contributed by atoms with Gasteiger partial charge in [0.2, 0.25) is 5.91 Å². The minimum Gasteiger partial charge on any atom is -0.274 e. The van der Waals surface area contributed by atoms with E-state index in [1.165, 1.54) is 35.7 Å². The van der Waals surface area contributed by atoms with Gasteiger partial charge in [0.1, 0.15) is 4.90 Å². The molecule has 1 aromatic carbocycles. The molecule has 1 aromatic heterocycles. The second kappa shape index (κ2) is 5.41. The highest BCUT2D eigenvalue weighted by atomic mass is 32.2. The van der Waals surface area contributed by atoms with E-state index in [2.05, 4.69) is 21.8 Å². The number of hydrogen-bond donors (Lipinski definition) is 1. The maximum atomic E-state index is 12.6. The molecule has 4 rings (SSSR count). The van der Waals surface area contributed by atoms with E-state index in [-0.39, 0.29) is 16.2 Å². The fourth-order valence-corrected chi connectivity index (χ4v) is 4.93. The molecule has 2 aliphatic carbocycles. The molecule has 124 valence electrons. The molecule has 2 atom stereocenters. The van der Waals surface area contributed by atoms with Crippen molar-refractivity contribution in [2.75, 3.05) is 0 Å². The first-order valence-corrected chi connectivity index (χ1v) is 9.56. The fraction of sp³-hybridized carbons (Fsp3) is 0.333. The summed E-state index contributed by atoms with van der Waals surface area (Å²) in [7, 11) is -3.86. The number of nitrogens with one attached hydrogen (secondary N) is 1. The highest BCUT2D eigenvalue weighted by molar-refractivity contribution is 7.90. The summed E-state index contributed by atoms with van der Waals surface area (Å²) in [5.41, 5.74) is 2.33. The van der Waals surface area contributed by atoms with E-state index in [1.54, 1.807) is 0 Å². The van der Waals surface area contributed by atoms with Gasteiger partial charge in [-0.2, -0.15) is 0 Å². The van der Waals surface area contributed by atoms with Gasteiger partial charge in [0.05, 0.1) is 0 Å². The molecule has 0 bridgehead atoms. The number of aryl methyl sites for hydroxylation is 1. The van der Waals surface area contributed by atoms with Crippen LogP contribution < -0.4 is 4.72 Å². The molecule has 1 N–H and O–H groups in total. The molecule has 0 aliphatic heterocycles. The van der Waals surface area contributed by atoms with Gasteiger partial charge in [-0.3, -0.25) is 9.78 Å². The molecule has 2 aromatic rings. The van der Waals surface area contributed by atoms with Crippen molar-refractivity contribution in [3.05, 3.63) is 59.9 Å². The zero-order valence-electron chi connectivity index (χ0n) is 13.1. The zero-order chi connectivity index (χ0) is 16.8. The lowest BCUT2D eigenvalue weighted by Crippen LogP contribution is -2.34. The molecule has 2 aliphatic rings. The SMILES string of the molecule is O=C(NS(=O)(=O)c1cccnc1)[C@H]1C[C@]12CCCc1ccccc12. The number of sulfonamides is 1. The maximum Gasteiger partial charge on any atom is 0.265 e. The third kappa shape index (κ3) is 2.41. The average molecular weight is 342 g/mol. The second-order valence-electron chi connectivity index (χ2n) is 6.58. The largest absolute Gasteiger partial charge is 0.274 e. The summed E-state index contributed by atoms with van der Waals surface area (Å²) in [4.78, 5) is 16.4. The van der Waals surface area contributed by atoms with Gasteiger partial charge in [-0.05, 0) is 48.9 Å². The van der Waals surface area contributed by atoms with Gasteiger partial charge >= 0.3 is 0 Å². The molecular formula is C18H18N2O3S. The van der Waals surface area contributed by atoms with Crippen molar-refractivity contribution >= 4 is 15.9 Å². The number of benzene rings is 1. The number of aromatic nitrogens is 1. The van der Waals surface area contributed by atoms with Crippen molar-refractivity contribution in [3.63, 3.8) is 0 Å². The minimum absolute atomic E-state index is 0.0112. The van der Waals surface area contributed by atoms with Crippen molar-refractivity contribution in [1.29, 1.82) is 0 Å². The van der Waals surface area contributed by atoms with E-state index < -0.39 is 15.9 Å². The molecule has 1 saturated carbocycles. The van der Waals surface area contributed by atoms with Crippen molar-refractivity contribution in [2.24, 2.45) is 5.92 Å². The Bertz CT molecular complexity index is 895. The summed E-state index contributed by atoms with van der Waals surface area (Å²) in [5.74, 6) is -0.680. The van der Waals surface area contributed by atoms with Crippen LogP contribution in [0.2, 0.25) is 0 Å². The molecule has 0 unspecified atom stereocenters. The third-order valence-corrected chi connectivity index (χ3v) is 6.53. The maximum absolute atomic E-state index is 12.6. The van der Waals surface area contributed by atoms with Crippen LogP contribution in [0.3, 0.4) is 0 Å². The number of carbonyl (C=O) groups is 1. The Hall–Kier alpha value is -2.21. The number of amides is 1. The molecule has 1 fully saturated rings. The van der Waals surface area contributed by atoms with Crippen LogP contribution >= 0.6 is 0 Å². The van der Waals surface area contributed by atoms with Gasteiger partial charge in [-0.25, -0.2) is 13.1 Å². The Labute approximate surface area is 141 Å². The molecule has 6 heteroatoms. The molecule has 1 heterocycles. The summed E-state index contributed by atoms with van der Waals surface area (Å²) in [6, 6.07) is 11.2. The number of fused-ring (bicyclic) bond motifs is 2. The summed E-state index contributed by atoms with van der Waals surface area (Å²) in [5, 5.41) is 0. The van der Waals surface area contributed by atoms with Crippen molar-refractivity contribution in [1.82, 2.24) is 9.71 Å². The van der Waals surface area contributed by atoms with Crippen LogP contribution in [0.1, 0.15) is 30.4 Å². The van der Waals surface area contributed by atoms with Gasteiger partial charge in [-0.1, -0.05) is 24.3 Å². The van der Waals surface area contributed by atoms with E-state index in [0.29, 0.717) is 0 Å². The van der Waals surface area contributed by atoms with Gasteiger partial charge < -0.3 is 0 Å². The number of pyridine rings is 1. The highest BCUT2D eigenvalue weighted by Gasteiger charge is 2.60.